The Morgan fingerprint density at radius 1 is 1.05 bits per heavy atom. The number of ketones is 1. The second-order valence-corrected chi connectivity index (χ2v) is 7.58. The summed E-state index contributed by atoms with van der Waals surface area (Å²) in [4.78, 5) is 12.2. The van der Waals surface area contributed by atoms with Gasteiger partial charge < -0.3 is 4.74 Å². The topological polar surface area (TPSA) is 26.3 Å². The molecule has 0 bridgehead atoms. The van der Waals surface area contributed by atoms with Crippen LogP contribution in [0.2, 0.25) is 0 Å². The fraction of sp³-hybridized carbons (Fsp3) is 0.611. The van der Waals surface area contributed by atoms with Gasteiger partial charge in [0.05, 0.1) is 0 Å². The smallest absolute Gasteiger partial charge is 0.141 e. The van der Waals surface area contributed by atoms with Gasteiger partial charge in [0.1, 0.15) is 17.1 Å². The standard InChI is InChI=1S/C18H28O2/c1-13(16(19)17(2,3)4)12-14-8-10-15(11-9-14)20-18(5,6)7/h8-11,13H,12H2,1-7H3/t13-/m0/s1. The van der Waals surface area contributed by atoms with Gasteiger partial charge in [-0.15, -0.1) is 0 Å². The summed E-state index contributed by atoms with van der Waals surface area (Å²) in [6, 6.07) is 8.06. The van der Waals surface area contributed by atoms with Crippen LogP contribution in [0.3, 0.4) is 0 Å². The molecule has 0 fully saturated rings. The van der Waals surface area contributed by atoms with Gasteiger partial charge in [0.25, 0.3) is 0 Å². The highest BCUT2D eigenvalue weighted by Gasteiger charge is 2.26. The van der Waals surface area contributed by atoms with Crippen LogP contribution in [0.15, 0.2) is 24.3 Å². The Balaban J connectivity index is 2.69. The van der Waals surface area contributed by atoms with Gasteiger partial charge in [-0.2, -0.15) is 0 Å². The second-order valence-electron chi connectivity index (χ2n) is 7.58. The Morgan fingerprint density at radius 2 is 1.55 bits per heavy atom. The van der Waals surface area contributed by atoms with Crippen LogP contribution in [0.1, 0.15) is 54.0 Å². The van der Waals surface area contributed by atoms with E-state index in [1.54, 1.807) is 0 Å². The third kappa shape index (κ3) is 5.36. The van der Waals surface area contributed by atoms with E-state index in [0.29, 0.717) is 5.78 Å². The highest BCUT2D eigenvalue weighted by atomic mass is 16.5. The lowest BCUT2D eigenvalue weighted by molar-refractivity contribution is -0.129. The molecule has 1 aromatic rings. The molecular weight excluding hydrogens is 248 g/mol. The SMILES string of the molecule is C[C@@H](Cc1ccc(OC(C)(C)C)cc1)C(=O)C(C)(C)C. The van der Waals surface area contributed by atoms with Crippen molar-refractivity contribution in [2.45, 2.75) is 60.5 Å². The minimum Gasteiger partial charge on any atom is -0.488 e. The number of carbonyl (C=O) groups is 1. The molecule has 0 aromatic heterocycles. The normalized spacial score (nSPS) is 13.9. The molecule has 0 saturated heterocycles. The van der Waals surface area contributed by atoms with Crippen molar-refractivity contribution in [3.63, 3.8) is 0 Å². The van der Waals surface area contributed by atoms with Gasteiger partial charge >= 0.3 is 0 Å². The lowest BCUT2D eigenvalue weighted by atomic mass is 9.81. The van der Waals surface area contributed by atoms with Crippen molar-refractivity contribution in [2.24, 2.45) is 11.3 Å². The fourth-order valence-corrected chi connectivity index (χ4v) is 2.23. The summed E-state index contributed by atoms with van der Waals surface area (Å²) in [5.74, 6) is 1.23. The molecule has 1 rings (SSSR count). The quantitative estimate of drug-likeness (QED) is 0.799. The highest BCUT2D eigenvalue weighted by Crippen LogP contribution is 2.24. The van der Waals surface area contributed by atoms with Crippen molar-refractivity contribution in [2.75, 3.05) is 0 Å². The molecule has 0 spiro atoms. The van der Waals surface area contributed by atoms with E-state index in [1.807, 2.05) is 72.7 Å². The first-order valence-corrected chi connectivity index (χ1v) is 7.31. The van der Waals surface area contributed by atoms with Crippen molar-refractivity contribution in [1.82, 2.24) is 0 Å². The van der Waals surface area contributed by atoms with Crippen molar-refractivity contribution in [3.05, 3.63) is 29.8 Å². The van der Waals surface area contributed by atoms with E-state index < -0.39 is 0 Å². The van der Waals surface area contributed by atoms with Gasteiger partial charge in [0.15, 0.2) is 0 Å². The summed E-state index contributed by atoms with van der Waals surface area (Å²) in [5.41, 5.74) is 0.725. The van der Waals surface area contributed by atoms with Gasteiger partial charge in [0.2, 0.25) is 0 Å². The minimum atomic E-state index is -0.269. The number of carbonyl (C=O) groups excluding carboxylic acids is 1. The summed E-state index contributed by atoms with van der Waals surface area (Å²) in [6.45, 7) is 14.0. The number of ether oxygens (including phenoxy) is 1. The average Bonchev–Trinajstić information content (AvgIpc) is 2.27. The lowest BCUT2D eigenvalue weighted by Crippen LogP contribution is -2.27. The number of rotatable bonds is 4. The molecule has 0 radical (unpaired) electrons. The Labute approximate surface area is 123 Å². The summed E-state index contributed by atoms with van der Waals surface area (Å²) in [6.07, 6.45) is 0.784. The monoisotopic (exact) mass is 276 g/mol. The molecule has 2 heteroatoms. The minimum absolute atomic E-state index is 0.0457. The van der Waals surface area contributed by atoms with E-state index in [-0.39, 0.29) is 16.9 Å². The Bertz CT molecular complexity index is 444. The van der Waals surface area contributed by atoms with Crippen LogP contribution in [0, 0.1) is 11.3 Å². The second kappa shape index (κ2) is 5.99. The first-order valence-electron chi connectivity index (χ1n) is 7.31. The third-order valence-electron chi connectivity index (χ3n) is 3.08. The molecule has 1 atom stereocenters. The van der Waals surface area contributed by atoms with E-state index in [1.165, 1.54) is 5.56 Å². The van der Waals surface area contributed by atoms with E-state index in [9.17, 15) is 4.79 Å². The van der Waals surface area contributed by atoms with E-state index in [0.717, 1.165) is 12.2 Å². The predicted octanol–water partition coefficient (Wildman–Crippen LogP) is 4.66. The van der Waals surface area contributed by atoms with E-state index >= 15 is 0 Å². The van der Waals surface area contributed by atoms with Gasteiger partial charge in [-0.25, -0.2) is 0 Å². The van der Waals surface area contributed by atoms with Crippen LogP contribution in [0.5, 0.6) is 5.75 Å². The Hall–Kier alpha value is -1.31. The number of benzene rings is 1. The van der Waals surface area contributed by atoms with Crippen molar-refractivity contribution in [3.8, 4) is 5.75 Å². The number of hydrogen-bond donors (Lipinski definition) is 0. The molecule has 112 valence electrons. The first-order chi connectivity index (χ1) is 8.99. The molecule has 0 aliphatic rings. The van der Waals surface area contributed by atoms with Crippen LogP contribution >= 0.6 is 0 Å². The van der Waals surface area contributed by atoms with E-state index in [2.05, 4.69) is 0 Å². The summed E-state index contributed by atoms with van der Waals surface area (Å²) >= 11 is 0. The third-order valence-corrected chi connectivity index (χ3v) is 3.08. The largest absolute Gasteiger partial charge is 0.488 e. The fourth-order valence-electron chi connectivity index (χ4n) is 2.23. The molecular formula is C18H28O2. The molecule has 0 N–H and O–H groups in total. The maximum Gasteiger partial charge on any atom is 0.141 e. The predicted molar refractivity (Wildman–Crippen MR) is 84.2 cm³/mol. The molecule has 1 aromatic carbocycles. The Kier molecular flexibility index (Phi) is 5.01. The van der Waals surface area contributed by atoms with Crippen LogP contribution in [0.25, 0.3) is 0 Å². The van der Waals surface area contributed by atoms with Gasteiger partial charge in [-0.05, 0) is 44.9 Å². The number of Topliss-reactive ketones (excluding diaryl/α,β-unsaturated/α-hetero) is 1. The molecule has 2 nitrogen and oxygen atoms in total. The van der Waals surface area contributed by atoms with Crippen LogP contribution in [-0.2, 0) is 11.2 Å². The van der Waals surface area contributed by atoms with Crippen LogP contribution in [-0.4, -0.2) is 11.4 Å². The van der Waals surface area contributed by atoms with Gasteiger partial charge in [0, 0.05) is 11.3 Å². The average molecular weight is 276 g/mol. The first kappa shape index (κ1) is 16.7. The van der Waals surface area contributed by atoms with Crippen molar-refractivity contribution < 1.29 is 9.53 Å². The molecule has 0 amide bonds. The maximum atomic E-state index is 12.2. The molecule has 0 unspecified atom stereocenters. The van der Waals surface area contributed by atoms with Crippen LogP contribution in [0.4, 0.5) is 0 Å². The molecule has 20 heavy (non-hydrogen) atoms. The van der Waals surface area contributed by atoms with E-state index in [4.69, 9.17) is 4.74 Å². The van der Waals surface area contributed by atoms with Gasteiger partial charge in [-0.3, -0.25) is 4.79 Å². The Morgan fingerprint density at radius 3 is 1.95 bits per heavy atom. The molecule has 0 aliphatic heterocycles. The van der Waals surface area contributed by atoms with Crippen molar-refractivity contribution >= 4 is 5.78 Å². The molecule has 0 saturated carbocycles. The highest BCUT2D eigenvalue weighted by molar-refractivity contribution is 5.85. The zero-order valence-corrected chi connectivity index (χ0v) is 13.9. The summed E-state index contributed by atoms with van der Waals surface area (Å²) in [7, 11) is 0. The van der Waals surface area contributed by atoms with Crippen molar-refractivity contribution in [1.29, 1.82) is 0 Å². The zero-order chi connectivity index (χ0) is 15.6. The number of hydrogen-bond acceptors (Lipinski definition) is 2. The molecule has 0 heterocycles. The maximum absolute atomic E-state index is 12.2. The lowest BCUT2D eigenvalue weighted by Gasteiger charge is -2.23. The molecule has 0 aliphatic carbocycles. The van der Waals surface area contributed by atoms with Gasteiger partial charge in [-0.1, -0.05) is 39.8 Å². The zero-order valence-electron chi connectivity index (χ0n) is 13.9. The van der Waals surface area contributed by atoms with Crippen LogP contribution < -0.4 is 4.74 Å². The summed E-state index contributed by atoms with van der Waals surface area (Å²) < 4.78 is 5.80. The summed E-state index contributed by atoms with van der Waals surface area (Å²) in [5, 5.41) is 0.